The van der Waals surface area contributed by atoms with Gasteiger partial charge in [-0.05, 0) is 85.7 Å². The quantitative estimate of drug-likeness (QED) is 0.0533. The second-order valence-corrected chi connectivity index (χ2v) is 14.4. The molecule has 4 heterocycles. The minimum Gasteiger partial charge on any atom is -0.453 e. The number of aliphatic imine (C=N–C) groups is 1. The summed E-state index contributed by atoms with van der Waals surface area (Å²) in [5.74, 6) is 0.820. The van der Waals surface area contributed by atoms with Crippen LogP contribution in [0.2, 0.25) is 0 Å². The molecule has 16 nitrogen and oxygen atoms in total. The number of imidazole rings is 2. The summed E-state index contributed by atoms with van der Waals surface area (Å²) < 4.78 is 10.2. The molecule has 3 amide bonds. The second-order valence-electron chi connectivity index (χ2n) is 14.4. The van der Waals surface area contributed by atoms with Gasteiger partial charge in [-0.15, -0.1) is 0 Å². The summed E-state index contributed by atoms with van der Waals surface area (Å²) in [6.07, 6.45) is 3.62. The number of benzene rings is 3. The van der Waals surface area contributed by atoms with Crippen LogP contribution in [0.15, 0.2) is 65.8 Å². The van der Waals surface area contributed by atoms with Crippen molar-refractivity contribution in [2.75, 3.05) is 34.4 Å². The topological polar surface area (TPSA) is 197 Å². The van der Waals surface area contributed by atoms with E-state index in [1.807, 2.05) is 12.1 Å². The Kier molecular flexibility index (Phi) is 11.8. The highest BCUT2D eigenvalue weighted by Gasteiger charge is 2.39. The molecule has 0 aliphatic carbocycles. The Morgan fingerprint density at radius 1 is 0.877 bits per heavy atom. The SMILES string of the molecule is COOC=N[C@H](C(=O)N1CCC[C@H]1c1nc2ccc(-c3ccc4cc(-c5cnc([C@@H]6CCCN6C(=O)[C@@H](NC(=O)OC)[C@@H](C)OC)[nH]5)ccc4c3)cc2[nH]1)[C@@H](C)O. The molecule has 0 saturated carbocycles. The van der Waals surface area contributed by atoms with E-state index in [2.05, 4.69) is 67.6 Å². The predicted octanol–water partition coefficient (Wildman–Crippen LogP) is 5.22. The normalized spacial score (nSPS) is 19.3. The molecule has 2 saturated heterocycles. The lowest BCUT2D eigenvalue weighted by atomic mass is 9.99. The Morgan fingerprint density at radius 3 is 2.21 bits per heavy atom. The number of aromatic amines is 2. The van der Waals surface area contributed by atoms with E-state index >= 15 is 0 Å². The lowest BCUT2D eigenvalue weighted by Gasteiger charge is -2.30. The third-order valence-electron chi connectivity index (χ3n) is 10.9. The molecular formula is C41H48N8O8. The van der Waals surface area contributed by atoms with Gasteiger partial charge in [-0.3, -0.25) is 9.59 Å². The van der Waals surface area contributed by atoms with Crippen molar-refractivity contribution in [2.45, 2.75) is 75.9 Å². The molecular weight excluding hydrogens is 732 g/mol. The number of aliphatic hydroxyl groups is 1. The molecule has 57 heavy (non-hydrogen) atoms. The number of hydrogen-bond donors (Lipinski definition) is 4. The molecule has 2 aromatic heterocycles. The molecule has 4 N–H and O–H groups in total. The van der Waals surface area contributed by atoms with E-state index in [-0.39, 0.29) is 23.9 Å². The van der Waals surface area contributed by atoms with Crippen LogP contribution in [0.5, 0.6) is 0 Å². The van der Waals surface area contributed by atoms with E-state index < -0.39 is 30.4 Å². The van der Waals surface area contributed by atoms with Crippen molar-refractivity contribution >= 4 is 46.1 Å². The monoisotopic (exact) mass is 780 g/mol. The molecule has 0 radical (unpaired) electrons. The van der Waals surface area contributed by atoms with Crippen LogP contribution in [-0.2, 0) is 28.8 Å². The third-order valence-corrected chi connectivity index (χ3v) is 10.9. The van der Waals surface area contributed by atoms with E-state index in [1.54, 1.807) is 22.9 Å². The number of nitrogens with one attached hydrogen (secondary N) is 3. The summed E-state index contributed by atoms with van der Waals surface area (Å²) in [4.78, 5) is 72.4. The average Bonchev–Trinajstić information content (AvgIpc) is 4.06. The van der Waals surface area contributed by atoms with Crippen LogP contribution < -0.4 is 5.32 Å². The van der Waals surface area contributed by atoms with Crippen LogP contribution in [-0.4, -0.2) is 118 Å². The van der Waals surface area contributed by atoms with Gasteiger partial charge in [0.1, 0.15) is 17.7 Å². The van der Waals surface area contributed by atoms with Crippen molar-refractivity contribution < 1.29 is 38.7 Å². The van der Waals surface area contributed by atoms with Crippen molar-refractivity contribution in [2.24, 2.45) is 4.99 Å². The first-order chi connectivity index (χ1) is 27.6. The maximum Gasteiger partial charge on any atom is 0.407 e. The number of likely N-dealkylation sites (tertiary alicyclic amines) is 2. The Labute approximate surface area is 329 Å². The molecule has 7 rings (SSSR count). The van der Waals surface area contributed by atoms with Crippen molar-refractivity contribution in [3.8, 4) is 22.4 Å². The van der Waals surface area contributed by atoms with E-state index in [4.69, 9.17) is 24.3 Å². The number of alkyl carbamates (subject to hydrolysis) is 1. The van der Waals surface area contributed by atoms with Crippen LogP contribution in [0.4, 0.5) is 4.79 Å². The number of carbonyl (C=O) groups is 3. The molecule has 2 aliphatic heterocycles. The van der Waals surface area contributed by atoms with Gasteiger partial charge in [0.05, 0.1) is 61.4 Å². The van der Waals surface area contributed by atoms with Crippen LogP contribution in [0.25, 0.3) is 44.2 Å². The standard InChI is InChI=1S/C41H48N8O8/c1-23(50)35(43-22-57-56-5)39(51)49-17-7-9-34(49)38-44-30-15-14-28(20-31(30)45-38)26-10-11-27-19-29(13-12-25(27)18-26)32-21-42-37(46-32)33-8-6-16-48(33)40(52)36(24(2)54-3)47-41(53)55-4/h10-15,18-24,33-36,50H,6-9,16-17H2,1-5H3,(H,42,46)(H,44,45)(H,47,53)/t23-,24-,33+,34+,35+,36+/m1/s1. The van der Waals surface area contributed by atoms with Gasteiger partial charge in [0, 0.05) is 25.8 Å². The summed E-state index contributed by atoms with van der Waals surface area (Å²) in [7, 11) is 4.09. The maximum atomic E-state index is 13.7. The summed E-state index contributed by atoms with van der Waals surface area (Å²) in [5.41, 5.74) is 5.51. The van der Waals surface area contributed by atoms with Gasteiger partial charge in [0.25, 0.3) is 5.91 Å². The van der Waals surface area contributed by atoms with Crippen molar-refractivity contribution in [1.29, 1.82) is 0 Å². The van der Waals surface area contributed by atoms with Crippen LogP contribution in [0.1, 0.15) is 63.3 Å². The molecule has 6 atom stereocenters. The number of methoxy groups -OCH3 is 2. The molecule has 0 spiro atoms. The van der Waals surface area contributed by atoms with Gasteiger partial charge < -0.3 is 44.6 Å². The van der Waals surface area contributed by atoms with Crippen LogP contribution in [0, 0.1) is 0 Å². The largest absolute Gasteiger partial charge is 0.453 e. The Balaban J connectivity index is 1.07. The number of hydrogen-bond acceptors (Lipinski definition) is 11. The Hall–Kier alpha value is -5.84. The fourth-order valence-corrected chi connectivity index (χ4v) is 7.82. The second kappa shape index (κ2) is 17.1. The van der Waals surface area contributed by atoms with Crippen molar-refractivity contribution in [3.63, 3.8) is 0 Å². The molecule has 16 heteroatoms. The zero-order valence-electron chi connectivity index (χ0n) is 32.6. The van der Waals surface area contributed by atoms with Crippen LogP contribution >= 0.6 is 0 Å². The third kappa shape index (κ3) is 8.19. The fraction of sp³-hybridized carbons (Fsp3) is 0.415. The highest BCUT2D eigenvalue weighted by Crippen LogP contribution is 2.36. The summed E-state index contributed by atoms with van der Waals surface area (Å²) in [6.45, 7) is 4.32. The van der Waals surface area contributed by atoms with E-state index in [1.165, 1.54) is 28.3 Å². The highest BCUT2D eigenvalue weighted by atomic mass is 17.2. The molecule has 0 unspecified atom stereocenters. The number of aromatic nitrogens is 4. The first kappa shape index (κ1) is 39.4. The maximum absolute atomic E-state index is 13.7. The molecule has 3 aromatic carbocycles. The highest BCUT2D eigenvalue weighted by molar-refractivity contribution is 5.92. The number of amides is 3. The summed E-state index contributed by atoms with van der Waals surface area (Å²) >= 11 is 0. The molecule has 2 fully saturated rings. The van der Waals surface area contributed by atoms with E-state index in [0.29, 0.717) is 24.7 Å². The minimum absolute atomic E-state index is 0.251. The number of ether oxygens (including phenoxy) is 2. The number of fused-ring (bicyclic) bond motifs is 2. The predicted molar refractivity (Wildman–Crippen MR) is 212 cm³/mol. The van der Waals surface area contributed by atoms with Gasteiger partial charge in [-0.25, -0.2) is 19.8 Å². The van der Waals surface area contributed by atoms with Crippen molar-refractivity contribution in [3.05, 3.63) is 72.4 Å². The lowest BCUT2D eigenvalue weighted by Crippen LogP contribution is -2.54. The zero-order chi connectivity index (χ0) is 40.2. The molecule has 0 bridgehead atoms. The number of aliphatic hydroxyl groups excluding tert-OH is 1. The van der Waals surface area contributed by atoms with E-state index in [0.717, 1.165) is 76.3 Å². The smallest absolute Gasteiger partial charge is 0.407 e. The molecule has 5 aromatic rings. The van der Waals surface area contributed by atoms with Crippen LogP contribution in [0.3, 0.4) is 0 Å². The summed E-state index contributed by atoms with van der Waals surface area (Å²) in [5, 5.41) is 15.0. The van der Waals surface area contributed by atoms with Gasteiger partial charge in [0.2, 0.25) is 12.3 Å². The first-order valence-electron chi connectivity index (χ1n) is 19.1. The lowest BCUT2D eigenvalue weighted by molar-refractivity contribution is -0.188. The Bertz CT molecular complexity index is 2270. The van der Waals surface area contributed by atoms with Gasteiger partial charge in [0.15, 0.2) is 6.04 Å². The molecule has 300 valence electrons. The number of nitrogens with zero attached hydrogens (tertiary/aromatic N) is 5. The minimum atomic E-state index is -1.03. The van der Waals surface area contributed by atoms with Gasteiger partial charge in [-0.2, -0.15) is 4.89 Å². The molecule has 2 aliphatic rings. The van der Waals surface area contributed by atoms with E-state index in [9.17, 15) is 19.5 Å². The number of carbonyl (C=O) groups excluding carboxylic acids is 3. The number of rotatable bonds is 13. The van der Waals surface area contributed by atoms with Crippen molar-refractivity contribution in [1.82, 2.24) is 35.1 Å². The zero-order valence-corrected chi connectivity index (χ0v) is 32.6. The fourth-order valence-electron chi connectivity index (χ4n) is 7.82. The van der Waals surface area contributed by atoms with Gasteiger partial charge >= 0.3 is 6.09 Å². The van der Waals surface area contributed by atoms with Gasteiger partial charge in [-0.1, -0.05) is 30.3 Å². The summed E-state index contributed by atoms with van der Waals surface area (Å²) in [6, 6.07) is 16.2. The average molecular weight is 781 g/mol. The Morgan fingerprint density at radius 2 is 1.53 bits per heavy atom. The first-order valence-corrected chi connectivity index (χ1v) is 19.1. The number of H-pyrrole nitrogens is 2.